The third-order valence-electron chi connectivity index (χ3n) is 5.23. The first-order valence-electron chi connectivity index (χ1n) is 10.7. The fraction of sp³-hybridized carbons (Fsp3) is 0. The van der Waals surface area contributed by atoms with Gasteiger partial charge < -0.3 is 10.6 Å². The Morgan fingerprint density at radius 3 is 2.23 bits per heavy atom. The fourth-order valence-electron chi connectivity index (χ4n) is 3.58. The topological polar surface area (TPSA) is 96.0 Å². The van der Waals surface area contributed by atoms with Gasteiger partial charge in [0.2, 0.25) is 0 Å². The predicted octanol–water partition coefficient (Wildman–Crippen LogP) is 6.06. The van der Waals surface area contributed by atoms with Crippen LogP contribution in [-0.4, -0.2) is 18.4 Å². The van der Waals surface area contributed by atoms with Crippen molar-refractivity contribution in [3.8, 4) is 0 Å². The largest absolute Gasteiger partial charge is 0.355 e. The molecule has 0 aliphatic heterocycles. The molecule has 3 aromatic carbocycles. The third kappa shape index (κ3) is 5.20. The molecule has 0 aliphatic carbocycles. The number of aromatic nitrogens is 2. The fourth-order valence-corrected chi connectivity index (χ4v) is 4.63. The van der Waals surface area contributed by atoms with Crippen molar-refractivity contribution in [2.45, 2.75) is 4.90 Å². The lowest BCUT2D eigenvalue weighted by Crippen LogP contribution is -2.13. The Kier molecular flexibility index (Phi) is 5.99. The second-order valence-corrected chi connectivity index (χ2v) is 9.40. The van der Waals surface area contributed by atoms with Gasteiger partial charge in [-0.15, -0.1) is 0 Å². The maximum absolute atomic E-state index is 13.7. The summed E-state index contributed by atoms with van der Waals surface area (Å²) in [7, 11) is -3.81. The molecule has 2 heterocycles. The number of nitrogens with zero attached hydrogens (tertiary/aromatic N) is 2. The molecule has 0 amide bonds. The molecular weight excluding hydrogens is 465 g/mol. The Labute approximate surface area is 201 Å². The highest BCUT2D eigenvalue weighted by atomic mass is 32.2. The lowest BCUT2D eigenvalue weighted by molar-refractivity contribution is 0.601. The summed E-state index contributed by atoms with van der Waals surface area (Å²) in [4.78, 5) is 8.33. The lowest BCUT2D eigenvalue weighted by Gasteiger charge is -2.12. The van der Waals surface area contributed by atoms with E-state index in [2.05, 4.69) is 25.3 Å². The van der Waals surface area contributed by atoms with E-state index in [1.807, 2.05) is 18.2 Å². The second kappa shape index (κ2) is 9.40. The highest BCUT2D eigenvalue weighted by Gasteiger charge is 2.15. The number of fused-ring (bicyclic) bond motifs is 1. The van der Waals surface area contributed by atoms with Gasteiger partial charge in [-0.25, -0.2) is 12.8 Å². The van der Waals surface area contributed by atoms with Crippen molar-refractivity contribution < 1.29 is 12.8 Å². The van der Waals surface area contributed by atoms with Crippen molar-refractivity contribution >= 4 is 49.4 Å². The third-order valence-corrected chi connectivity index (χ3v) is 6.63. The highest BCUT2D eigenvalue weighted by Crippen LogP contribution is 2.27. The van der Waals surface area contributed by atoms with Crippen LogP contribution in [0.4, 0.5) is 32.8 Å². The van der Waals surface area contributed by atoms with Crippen molar-refractivity contribution in [3.63, 3.8) is 0 Å². The van der Waals surface area contributed by atoms with Gasteiger partial charge in [-0.05, 0) is 78.9 Å². The summed E-state index contributed by atoms with van der Waals surface area (Å²) in [6.45, 7) is 0. The van der Waals surface area contributed by atoms with Crippen molar-refractivity contribution in [1.29, 1.82) is 0 Å². The summed E-state index contributed by atoms with van der Waals surface area (Å²) >= 11 is 0. The minimum absolute atomic E-state index is 0.112. The van der Waals surface area contributed by atoms with Gasteiger partial charge in [-0.2, -0.15) is 0 Å². The van der Waals surface area contributed by atoms with E-state index in [1.54, 1.807) is 61.1 Å². The van der Waals surface area contributed by atoms with Crippen molar-refractivity contribution in [2.24, 2.45) is 0 Å². The van der Waals surface area contributed by atoms with E-state index in [-0.39, 0.29) is 10.7 Å². The van der Waals surface area contributed by atoms with Crippen molar-refractivity contribution in [2.75, 3.05) is 15.4 Å². The molecule has 0 fully saturated rings. The number of sulfonamides is 1. The molecule has 0 atom stereocenters. The number of nitrogens with one attached hydrogen (secondary N) is 3. The Balaban J connectivity index is 1.32. The van der Waals surface area contributed by atoms with Crippen LogP contribution in [0, 0.1) is 5.82 Å². The molecule has 35 heavy (non-hydrogen) atoms. The molecule has 2 aromatic heterocycles. The van der Waals surface area contributed by atoms with Crippen LogP contribution in [0.25, 0.3) is 10.9 Å². The first kappa shape index (κ1) is 22.3. The molecule has 5 rings (SSSR count). The Hall–Kier alpha value is -4.50. The molecule has 0 aliphatic rings. The zero-order valence-corrected chi connectivity index (χ0v) is 19.1. The van der Waals surface area contributed by atoms with Crippen LogP contribution in [0.15, 0.2) is 108 Å². The predicted molar refractivity (Wildman–Crippen MR) is 136 cm³/mol. The monoisotopic (exact) mass is 485 g/mol. The molecule has 0 saturated carbocycles. The summed E-state index contributed by atoms with van der Waals surface area (Å²) in [5, 5.41) is 7.03. The van der Waals surface area contributed by atoms with Gasteiger partial charge >= 0.3 is 0 Å². The average Bonchev–Trinajstić information content (AvgIpc) is 2.85. The minimum atomic E-state index is -3.81. The van der Waals surface area contributed by atoms with Crippen LogP contribution in [0.3, 0.4) is 0 Å². The van der Waals surface area contributed by atoms with E-state index in [0.717, 1.165) is 11.4 Å². The van der Waals surface area contributed by atoms with Gasteiger partial charge in [-0.3, -0.25) is 14.7 Å². The quantitative estimate of drug-likeness (QED) is 0.259. The number of anilines is 5. The number of hydrogen-bond acceptors (Lipinski definition) is 6. The normalized spacial score (nSPS) is 11.2. The standard InChI is InChI=1S/C26H20FN5O2S/c27-18-4-9-25-24(16-18)26(12-15-29-25)31-19-5-7-23(8-6-19)35(33,34)32-22-3-1-2-21(17-22)30-20-10-13-28-14-11-20/h1-17,32H,(H,28,30)(H,29,31). The molecule has 5 aromatic rings. The number of hydrogen-bond donors (Lipinski definition) is 3. The van der Waals surface area contributed by atoms with Crippen molar-refractivity contribution in [1.82, 2.24) is 9.97 Å². The maximum atomic E-state index is 13.7. The smallest absolute Gasteiger partial charge is 0.261 e. The Bertz CT molecular complexity index is 1590. The van der Waals surface area contributed by atoms with E-state index in [1.165, 1.54) is 24.3 Å². The van der Waals surface area contributed by atoms with Crippen LogP contribution in [-0.2, 0) is 10.0 Å². The first-order chi connectivity index (χ1) is 17.0. The second-order valence-electron chi connectivity index (χ2n) is 7.72. The summed E-state index contributed by atoms with van der Waals surface area (Å²) in [5.74, 6) is -0.360. The minimum Gasteiger partial charge on any atom is -0.355 e. The zero-order chi connectivity index (χ0) is 24.3. The Morgan fingerprint density at radius 2 is 1.43 bits per heavy atom. The molecule has 0 spiro atoms. The van der Waals surface area contributed by atoms with Crippen LogP contribution >= 0.6 is 0 Å². The maximum Gasteiger partial charge on any atom is 0.261 e. The van der Waals surface area contributed by atoms with E-state index < -0.39 is 10.0 Å². The molecule has 0 bridgehead atoms. The van der Waals surface area contributed by atoms with E-state index >= 15 is 0 Å². The molecule has 174 valence electrons. The van der Waals surface area contributed by atoms with Gasteiger partial charge in [0.15, 0.2) is 0 Å². The van der Waals surface area contributed by atoms with Gasteiger partial charge in [0.05, 0.1) is 16.1 Å². The molecule has 0 unspecified atom stereocenters. The van der Waals surface area contributed by atoms with E-state index in [0.29, 0.717) is 28.0 Å². The van der Waals surface area contributed by atoms with Crippen LogP contribution < -0.4 is 15.4 Å². The first-order valence-corrected chi connectivity index (χ1v) is 12.2. The highest BCUT2D eigenvalue weighted by molar-refractivity contribution is 7.92. The van der Waals surface area contributed by atoms with Crippen LogP contribution in [0.2, 0.25) is 0 Å². The average molecular weight is 486 g/mol. The Morgan fingerprint density at radius 1 is 0.686 bits per heavy atom. The molecule has 9 heteroatoms. The van der Waals surface area contributed by atoms with Gasteiger partial charge in [0.1, 0.15) is 5.82 Å². The van der Waals surface area contributed by atoms with Gasteiger partial charge in [-0.1, -0.05) is 6.07 Å². The zero-order valence-electron chi connectivity index (χ0n) is 18.3. The van der Waals surface area contributed by atoms with Crippen LogP contribution in [0.1, 0.15) is 0 Å². The number of benzene rings is 3. The van der Waals surface area contributed by atoms with E-state index in [9.17, 15) is 12.8 Å². The lowest BCUT2D eigenvalue weighted by atomic mass is 10.1. The number of pyridine rings is 2. The molecule has 0 saturated heterocycles. The van der Waals surface area contributed by atoms with Gasteiger partial charge in [0, 0.05) is 46.7 Å². The molecule has 7 nitrogen and oxygen atoms in total. The summed E-state index contributed by atoms with van der Waals surface area (Å²) in [6, 6.07) is 23.1. The SMILES string of the molecule is O=S(=O)(Nc1cccc(Nc2ccncc2)c1)c1ccc(Nc2ccnc3ccc(F)cc23)cc1. The molecule has 3 N–H and O–H groups in total. The summed E-state index contributed by atoms with van der Waals surface area (Å²) in [6.07, 6.45) is 4.97. The number of halogens is 1. The molecule has 0 radical (unpaired) electrons. The summed E-state index contributed by atoms with van der Waals surface area (Å²) in [5.41, 5.74) is 3.98. The van der Waals surface area contributed by atoms with Crippen molar-refractivity contribution in [3.05, 3.63) is 109 Å². The number of rotatable bonds is 7. The van der Waals surface area contributed by atoms with Gasteiger partial charge in [0.25, 0.3) is 10.0 Å². The van der Waals surface area contributed by atoms with E-state index in [4.69, 9.17) is 0 Å². The van der Waals surface area contributed by atoms with Crippen LogP contribution in [0.5, 0.6) is 0 Å². The molecular formula is C26H20FN5O2S. The summed E-state index contributed by atoms with van der Waals surface area (Å²) < 4.78 is 42.2.